The third-order valence-electron chi connectivity index (χ3n) is 8.37. The van der Waals surface area contributed by atoms with Gasteiger partial charge in [-0.25, -0.2) is 4.79 Å². The summed E-state index contributed by atoms with van der Waals surface area (Å²) in [6.45, 7) is 5.68. The number of ether oxygens (including phenoxy) is 2. The number of methoxy groups -OCH3 is 1. The van der Waals surface area contributed by atoms with Crippen LogP contribution in [0.5, 0.6) is 11.5 Å². The molecule has 3 aromatic carbocycles. The zero-order chi connectivity index (χ0) is 31.1. The normalized spacial score (nSPS) is 23.5. The van der Waals surface area contributed by atoms with Crippen molar-refractivity contribution in [2.45, 2.75) is 64.1 Å². The highest BCUT2D eigenvalue weighted by Gasteiger charge is 2.59. The van der Waals surface area contributed by atoms with Gasteiger partial charge in [0.2, 0.25) is 0 Å². The average Bonchev–Trinajstić information content (AvgIpc) is 3.55. The molecule has 1 saturated heterocycles. The van der Waals surface area contributed by atoms with Gasteiger partial charge in [0.25, 0.3) is 5.91 Å². The van der Waals surface area contributed by atoms with Crippen LogP contribution in [0.25, 0.3) is 0 Å². The number of carbonyl (C=O) groups is 2. The molecule has 1 fully saturated rings. The van der Waals surface area contributed by atoms with E-state index in [2.05, 4.69) is 5.32 Å². The van der Waals surface area contributed by atoms with Gasteiger partial charge in [0.05, 0.1) is 18.7 Å². The van der Waals surface area contributed by atoms with Gasteiger partial charge in [-0.05, 0) is 40.8 Å². The summed E-state index contributed by atoms with van der Waals surface area (Å²) in [5.74, 6) is -1.39. The molecular weight excluding hydrogens is 561 g/mol. The Balaban J connectivity index is 1.58. The Labute approximate surface area is 248 Å². The lowest BCUT2D eigenvalue weighted by atomic mass is 9.72. The predicted molar refractivity (Wildman–Crippen MR) is 154 cm³/mol. The van der Waals surface area contributed by atoms with Gasteiger partial charge in [-0.1, -0.05) is 69.3 Å². The molecule has 2 aliphatic heterocycles. The SMILES string of the molecule is COc1ccc(C(F)(F)F)cc1CN[C@H]1[C@H](C(C)(C)C)[C@@H](C(=O)O)N(C(=O)[C@@H]2Cc3ccccc3O2)[C@H]1c1ccccc1. The maximum Gasteiger partial charge on any atom is 0.416 e. The number of aliphatic carboxylic acids is 1. The number of carboxylic acid groups (broad SMARTS) is 1. The summed E-state index contributed by atoms with van der Waals surface area (Å²) in [7, 11) is 1.38. The number of amides is 1. The maximum atomic E-state index is 14.3. The van der Waals surface area contributed by atoms with Gasteiger partial charge >= 0.3 is 12.1 Å². The van der Waals surface area contributed by atoms with Crippen LogP contribution in [0.2, 0.25) is 0 Å². The lowest BCUT2D eigenvalue weighted by molar-refractivity contribution is -0.155. The minimum absolute atomic E-state index is 0.0482. The summed E-state index contributed by atoms with van der Waals surface area (Å²) in [6, 6.07) is 17.1. The number of alkyl halides is 3. The summed E-state index contributed by atoms with van der Waals surface area (Å²) in [5.41, 5.74) is 0.393. The first kappa shape index (κ1) is 30.4. The molecule has 0 radical (unpaired) electrons. The second-order valence-corrected chi connectivity index (χ2v) is 12.1. The highest BCUT2D eigenvalue weighted by molar-refractivity contribution is 5.89. The lowest BCUT2D eigenvalue weighted by Gasteiger charge is -2.35. The molecule has 0 unspecified atom stereocenters. The molecule has 5 atom stereocenters. The first-order chi connectivity index (χ1) is 20.3. The first-order valence-corrected chi connectivity index (χ1v) is 14.1. The number of para-hydroxylation sites is 1. The minimum Gasteiger partial charge on any atom is -0.496 e. The van der Waals surface area contributed by atoms with E-state index in [0.29, 0.717) is 17.7 Å². The molecule has 7 nitrogen and oxygen atoms in total. The van der Waals surface area contributed by atoms with Crippen molar-refractivity contribution in [1.82, 2.24) is 10.2 Å². The van der Waals surface area contributed by atoms with Gasteiger partial charge in [0.1, 0.15) is 17.5 Å². The van der Waals surface area contributed by atoms with Crippen molar-refractivity contribution in [2.75, 3.05) is 7.11 Å². The van der Waals surface area contributed by atoms with Gasteiger partial charge < -0.3 is 24.8 Å². The average molecular weight is 597 g/mol. The van der Waals surface area contributed by atoms with Crippen molar-refractivity contribution in [3.05, 3.63) is 95.1 Å². The Morgan fingerprint density at radius 1 is 1.02 bits per heavy atom. The molecule has 43 heavy (non-hydrogen) atoms. The number of likely N-dealkylation sites (tertiary alicyclic amines) is 1. The molecule has 0 aliphatic carbocycles. The molecule has 0 aromatic heterocycles. The van der Waals surface area contributed by atoms with Crippen molar-refractivity contribution in [2.24, 2.45) is 11.3 Å². The number of hydrogen-bond acceptors (Lipinski definition) is 5. The molecule has 3 aromatic rings. The number of carboxylic acids is 1. The van der Waals surface area contributed by atoms with Gasteiger partial charge in [-0.15, -0.1) is 0 Å². The smallest absolute Gasteiger partial charge is 0.416 e. The number of carbonyl (C=O) groups excluding carboxylic acids is 1. The number of benzene rings is 3. The molecule has 1 amide bonds. The molecule has 0 spiro atoms. The number of rotatable bonds is 7. The fourth-order valence-corrected chi connectivity index (χ4v) is 6.53. The molecule has 2 heterocycles. The second kappa shape index (κ2) is 11.6. The van der Waals surface area contributed by atoms with Crippen molar-refractivity contribution >= 4 is 11.9 Å². The zero-order valence-corrected chi connectivity index (χ0v) is 24.4. The zero-order valence-electron chi connectivity index (χ0n) is 24.4. The van der Waals surface area contributed by atoms with E-state index >= 15 is 0 Å². The first-order valence-electron chi connectivity index (χ1n) is 14.1. The van der Waals surface area contributed by atoms with Crippen LogP contribution in [0.3, 0.4) is 0 Å². The third kappa shape index (κ3) is 5.93. The van der Waals surface area contributed by atoms with Gasteiger partial charge in [-0.2, -0.15) is 13.2 Å². The van der Waals surface area contributed by atoms with Crippen LogP contribution in [-0.2, 0) is 28.7 Å². The summed E-state index contributed by atoms with van der Waals surface area (Å²) in [5, 5.41) is 14.0. The van der Waals surface area contributed by atoms with E-state index in [4.69, 9.17) is 9.47 Å². The summed E-state index contributed by atoms with van der Waals surface area (Å²) >= 11 is 0. The quantitative estimate of drug-likeness (QED) is 0.355. The van der Waals surface area contributed by atoms with Gasteiger partial charge in [0, 0.05) is 30.5 Å². The van der Waals surface area contributed by atoms with Crippen LogP contribution in [0.4, 0.5) is 13.2 Å². The van der Waals surface area contributed by atoms with Gasteiger partial charge in [-0.3, -0.25) is 4.79 Å². The molecule has 5 rings (SSSR count). The van der Waals surface area contributed by atoms with Crippen LogP contribution in [0.1, 0.15) is 49.1 Å². The Bertz CT molecular complexity index is 1460. The topological polar surface area (TPSA) is 88.1 Å². The Morgan fingerprint density at radius 2 is 1.70 bits per heavy atom. The Kier molecular flexibility index (Phi) is 8.17. The number of hydrogen-bond donors (Lipinski definition) is 2. The van der Waals surface area contributed by atoms with Crippen LogP contribution in [0.15, 0.2) is 72.8 Å². The maximum absolute atomic E-state index is 14.3. The number of nitrogens with zero attached hydrogens (tertiary/aromatic N) is 1. The monoisotopic (exact) mass is 596 g/mol. The van der Waals surface area contributed by atoms with E-state index in [1.54, 1.807) is 6.07 Å². The fourth-order valence-electron chi connectivity index (χ4n) is 6.53. The number of fused-ring (bicyclic) bond motifs is 1. The Hall–Kier alpha value is -4.05. The largest absolute Gasteiger partial charge is 0.496 e. The molecule has 2 N–H and O–H groups in total. The predicted octanol–water partition coefficient (Wildman–Crippen LogP) is 5.87. The van der Waals surface area contributed by atoms with Crippen LogP contribution < -0.4 is 14.8 Å². The van der Waals surface area contributed by atoms with Crippen molar-refractivity contribution in [1.29, 1.82) is 0 Å². The fraction of sp³-hybridized carbons (Fsp3) is 0.394. The summed E-state index contributed by atoms with van der Waals surface area (Å²) < 4.78 is 52.2. The number of halogens is 3. The van der Waals surface area contributed by atoms with Gasteiger partial charge in [0.15, 0.2) is 6.10 Å². The number of nitrogens with one attached hydrogen (secondary N) is 1. The molecule has 0 saturated carbocycles. The van der Waals surface area contributed by atoms with E-state index in [9.17, 15) is 27.9 Å². The van der Waals surface area contributed by atoms with Crippen LogP contribution >= 0.6 is 0 Å². The summed E-state index contributed by atoms with van der Waals surface area (Å²) in [4.78, 5) is 28.8. The lowest BCUT2D eigenvalue weighted by Crippen LogP contribution is -2.51. The van der Waals surface area contributed by atoms with E-state index < -0.39 is 59.2 Å². The van der Waals surface area contributed by atoms with Crippen LogP contribution in [-0.4, -0.2) is 47.2 Å². The highest BCUT2D eigenvalue weighted by Crippen LogP contribution is 2.49. The highest BCUT2D eigenvalue weighted by atomic mass is 19.4. The third-order valence-corrected chi connectivity index (χ3v) is 8.37. The van der Waals surface area contributed by atoms with E-state index in [0.717, 1.165) is 17.7 Å². The molecular formula is C33H35F3N2O5. The molecule has 10 heteroatoms. The standard InChI is InChI=1S/C33H35F3N2O5/c1-32(2,3)26-27(37-18-21-16-22(33(34,35)36)14-15-23(21)42-4)28(19-10-6-5-7-11-19)38(29(26)31(40)41)30(39)25-17-20-12-8-9-13-24(20)43-25/h5-16,25-29,37H,17-18H2,1-4H3,(H,40,41)/t25-,26-,27-,28-,29-/m0/s1. The van der Waals surface area contributed by atoms with Crippen molar-refractivity contribution < 1.29 is 37.3 Å². The molecule has 0 bridgehead atoms. The minimum atomic E-state index is -4.55. The Morgan fingerprint density at radius 3 is 2.30 bits per heavy atom. The second-order valence-electron chi connectivity index (χ2n) is 12.1. The van der Waals surface area contributed by atoms with E-state index in [1.165, 1.54) is 18.1 Å². The van der Waals surface area contributed by atoms with Crippen LogP contribution in [0, 0.1) is 11.3 Å². The van der Waals surface area contributed by atoms with E-state index in [-0.39, 0.29) is 17.9 Å². The van der Waals surface area contributed by atoms with E-state index in [1.807, 2.05) is 69.3 Å². The molecule has 228 valence electrons. The van der Waals surface area contributed by atoms with Crippen molar-refractivity contribution in [3.8, 4) is 11.5 Å². The molecule has 2 aliphatic rings. The summed E-state index contributed by atoms with van der Waals surface area (Å²) in [6.07, 6.45) is -5.15. The van der Waals surface area contributed by atoms with Crippen molar-refractivity contribution in [3.63, 3.8) is 0 Å².